The number of hydrogen-bond donors (Lipinski definition) is 2. The van der Waals surface area contributed by atoms with E-state index in [0.717, 1.165) is 5.56 Å². The molecule has 2 N–H and O–H groups in total. The molecule has 2 amide bonds. The third-order valence-electron chi connectivity index (χ3n) is 3.14. The van der Waals surface area contributed by atoms with Crippen molar-refractivity contribution in [1.82, 2.24) is 10.6 Å². The van der Waals surface area contributed by atoms with Crippen molar-refractivity contribution >= 4 is 17.8 Å². The highest BCUT2D eigenvalue weighted by molar-refractivity contribution is 5.82. The monoisotopic (exact) mass is 318 g/mol. The molecule has 6 heteroatoms. The van der Waals surface area contributed by atoms with Crippen molar-refractivity contribution in [3.63, 3.8) is 0 Å². The van der Waals surface area contributed by atoms with Crippen LogP contribution in [0.2, 0.25) is 0 Å². The number of ether oxygens (including phenoxy) is 1. The van der Waals surface area contributed by atoms with Gasteiger partial charge in [-0.25, -0.2) is 4.79 Å². The standard InChI is InChI=1S/C17H22N2O4/c1-13(20)19-12-15(11-14-7-4-3-5-8-14)17(22)18-10-6-9-16(21)23-2/h3-9,15H,10-12H2,1-2H3,(H,18,22)(H,19,20)/b9-6+/t15-/m0/s1. The maximum absolute atomic E-state index is 12.3. The topological polar surface area (TPSA) is 84.5 Å². The minimum atomic E-state index is -0.474. The van der Waals surface area contributed by atoms with Gasteiger partial charge in [-0.1, -0.05) is 36.4 Å². The van der Waals surface area contributed by atoms with E-state index in [2.05, 4.69) is 15.4 Å². The normalized spacial score (nSPS) is 11.7. The molecule has 6 nitrogen and oxygen atoms in total. The van der Waals surface area contributed by atoms with Gasteiger partial charge in [0, 0.05) is 26.1 Å². The number of benzene rings is 1. The predicted molar refractivity (Wildman–Crippen MR) is 86.5 cm³/mol. The zero-order valence-corrected chi connectivity index (χ0v) is 13.4. The summed E-state index contributed by atoms with van der Waals surface area (Å²) in [7, 11) is 1.29. The molecule has 1 rings (SSSR count). The molecule has 0 saturated heterocycles. The highest BCUT2D eigenvalue weighted by atomic mass is 16.5. The second-order valence-electron chi connectivity index (χ2n) is 4.99. The lowest BCUT2D eigenvalue weighted by Gasteiger charge is -2.16. The SMILES string of the molecule is COC(=O)/C=C/CNC(=O)[C@H](CNC(C)=O)Cc1ccccc1. The molecule has 1 aromatic rings. The lowest BCUT2D eigenvalue weighted by atomic mass is 9.98. The number of rotatable bonds is 8. The van der Waals surface area contributed by atoms with Gasteiger partial charge in [0.05, 0.1) is 13.0 Å². The maximum Gasteiger partial charge on any atom is 0.330 e. The molecule has 0 aliphatic rings. The molecule has 0 aliphatic carbocycles. The van der Waals surface area contributed by atoms with Gasteiger partial charge in [0.15, 0.2) is 0 Å². The van der Waals surface area contributed by atoms with Crippen LogP contribution in [0.4, 0.5) is 0 Å². The lowest BCUT2D eigenvalue weighted by Crippen LogP contribution is -2.39. The molecular weight excluding hydrogens is 296 g/mol. The molecule has 0 heterocycles. The summed E-state index contributed by atoms with van der Waals surface area (Å²) < 4.78 is 4.46. The number of methoxy groups -OCH3 is 1. The largest absolute Gasteiger partial charge is 0.466 e. The molecule has 0 bridgehead atoms. The highest BCUT2D eigenvalue weighted by Crippen LogP contribution is 2.08. The van der Waals surface area contributed by atoms with Gasteiger partial charge in [0.2, 0.25) is 11.8 Å². The average Bonchev–Trinajstić information content (AvgIpc) is 2.55. The van der Waals surface area contributed by atoms with Crippen molar-refractivity contribution in [3.8, 4) is 0 Å². The molecule has 1 aromatic carbocycles. The number of nitrogens with one attached hydrogen (secondary N) is 2. The summed E-state index contributed by atoms with van der Waals surface area (Å²) in [4.78, 5) is 34.3. The van der Waals surface area contributed by atoms with E-state index in [9.17, 15) is 14.4 Å². The van der Waals surface area contributed by atoms with E-state index in [1.165, 1.54) is 26.2 Å². The number of carbonyl (C=O) groups excluding carboxylic acids is 3. The third-order valence-corrected chi connectivity index (χ3v) is 3.14. The number of carbonyl (C=O) groups is 3. The molecule has 23 heavy (non-hydrogen) atoms. The van der Waals surface area contributed by atoms with Crippen LogP contribution < -0.4 is 10.6 Å². The molecule has 124 valence electrons. The van der Waals surface area contributed by atoms with Crippen LogP contribution in [0.3, 0.4) is 0 Å². The van der Waals surface area contributed by atoms with E-state index < -0.39 is 5.97 Å². The van der Waals surface area contributed by atoms with Crippen LogP contribution in [-0.2, 0) is 25.5 Å². The Morgan fingerprint density at radius 3 is 2.48 bits per heavy atom. The fourth-order valence-electron chi connectivity index (χ4n) is 1.95. The Bertz CT molecular complexity index is 555. The van der Waals surface area contributed by atoms with Crippen molar-refractivity contribution in [3.05, 3.63) is 48.0 Å². The smallest absolute Gasteiger partial charge is 0.330 e. The Hall–Kier alpha value is -2.63. The fourth-order valence-corrected chi connectivity index (χ4v) is 1.95. The van der Waals surface area contributed by atoms with Gasteiger partial charge < -0.3 is 15.4 Å². The van der Waals surface area contributed by atoms with Gasteiger partial charge in [-0.15, -0.1) is 0 Å². The van der Waals surface area contributed by atoms with Crippen molar-refractivity contribution in [1.29, 1.82) is 0 Å². The Morgan fingerprint density at radius 2 is 1.87 bits per heavy atom. The zero-order chi connectivity index (χ0) is 17.1. The van der Waals surface area contributed by atoms with Crippen molar-refractivity contribution in [2.24, 2.45) is 5.92 Å². The Kier molecular flexibility index (Phi) is 8.13. The van der Waals surface area contributed by atoms with Crippen molar-refractivity contribution in [2.75, 3.05) is 20.2 Å². The minimum Gasteiger partial charge on any atom is -0.466 e. The number of esters is 1. The molecule has 0 aliphatic heterocycles. The summed E-state index contributed by atoms with van der Waals surface area (Å²) >= 11 is 0. The molecule has 0 saturated carbocycles. The summed E-state index contributed by atoms with van der Waals surface area (Å²) in [5, 5.41) is 5.39. The van der Waals surface area contributed by atoms with Crippen LogP contribution >= 0.6 is 0 Å². The molecule has 0 spiro atoms. The lowest BCUT2D eigenvalue weighted by molar-refractivity contribution is -0.135. The van der Waals surface area contributed by atoms with E-state index in [0.29, 0.717) is 6.42 Å². The summed E-state index contributed by atoms with van der Waals surface area (Å²) in [6.45, 7) is 1.90. The first-order valence-corrected chi connectivity index (χ1v) is 7.33. The highest BCUT2D eigenvalue weighted by Gasteiger charge is 2.18. The van der Waals surface area contributed by atoms with Gasteiger partial charge in [0.25, 0.3) is 0 Å². The Balaban J connectivity index is 2.59. The van der Waals surface area contributed by atoms with E-state index in [1.54, 1.807) is 0 Å². The second kappa shape index (κ2) is 10.2. The molecule has 0 aromatic heterocycles. The van der Waals surface area contributed by atoms with Crippen LogP contribution in [0.1, 0.15) is 12.5 Å². The molecule has 0 fully saturated rings. The van der Waals surface area contributed by atoms with Crippen LogP contribution in [0.15, 0.2) is 42.5 Å². The van der Waals surface area contributed by atoms with Crippen LogP contribution in [-0.4, -0.2) is 38.0 Å². The summed E-state index contributed by atoms with van der Waals surface area (Å²) in [6, 6.07) is 9.59. The second-order valence-corrected chi connectivity index (χ2v) is 4.99. The fraction of sp³-hybridized carbons (Fsp3) is 0.353. The van der Waals surface area contributed by atoms with Gasteiger partial charge in [0.1, 0.15) is 0 Å². The Labute approximate surface area is 135 Å². The number of hydrogen-bond acceptors (Lipinski definition) is 4. The van der Waals surface area contributed by atoms with Gasteiger partial charge in [-0.05, 0) is 12.0 Å². The zero-order valence-electron chi connectivity index (χ0n) is 13.4. The maximum atomic E-state index is 12.3. The summed E-state index contributed by atoms with van der Waals surface area (Å²) in [5.41, 5.74) is 1.02. The first-order chi connectivity index (χ1) is 11.0. The average molecular weight is 318 g/mol. The summed E-state index contributed by atoms with van der Waals surface area (Å²) in [5.74, 6) is -1.22. The first kappa shape index (κ1) is 18.4. The predicted octanol–water partition coefficient (Wildman–Crippen LogP) is 0.827. The Morgan fingerprint density at radius 1 is 1.17 bits per heavy atom. The number of amides is 2. The van der Waals surface area contributed by atoms with E-state index >= 15 is 0 Å². The van der Waals surface area contributed by atoms with Gasteiger partial charge in [-0.2, -0.15) is 0 Å². The van der Waals surface area contributed by atoms with Crippen molar-refractivity contribution < 1.29 is 19.1 Å². The van der Waals surface area contributed by atoms with E-state index in [-0.39, 0.29) is 30.8 Å². The third kappa shape index (κ3) is 7.80. The molecule has 0 radical (unpaired) electrons. The van der Waals surface area contributed by atoms with E-state index in [4.69, 9.17) is 0 Å². The van der Waals surface area contributed by atoms with Crippen LogP contribution in [0.25, 0.3) is 0 Å². The molecule has 0 unspecified atom stereocenters. The summed E-state index contributed by atoms with van der Waals surface area (Å²) in [6.07, 6.45) is 3.29. The van der Waals surface area contributed by atoms with E-state index in [1.807, 2.05) is 30.3 Å². The quantitative estimate of drug-likeness (QED) is 0.549. The van der Waals surface area contributed by atoms with Crippen molar-refractivity contribution in [2.45, 2.75) is 13.3 Å². The van der Waals surface area contributed by atoms with Crippen LogP contribution in [0.5, 0.6) is 0 Å². The molecular formula is C17H22N2O4. The molecule has 1 atom stereocenters. The van der Waals surface area contributed by atoms with Gasteiger partial charge in [-0.3, -0.25) is 9.59 Å². The first-order valence-electron chi connectivity index (χ1n) is 7.33. The van der Waals surface area contributed by atoms with Crippen LogP contribution in [0, 0.1) is 5.92 Å². The minimum absolute atomic E-state index is 0.179. The van der Waals surface area contributed by atoms with Gasteiger partial charge >= 0.3 is 5.97 Å².